The highest BCUT2D eigenvalue weighted by Crippen LogP contribution is 2.61. The van der Waals surface area contributed by atoms with Gasteiger partial charge in [-0.05, 0) is 62.4 Å². The maximum absolute atomic E-state index is 11.7. The van der Waals surface area contributed by atoms with Gasteiger partial charge in [0, 0.05) is 12.3 Å². The summed E-state index contributed by atoms with van der Waals surface area (Å²) in [6.45, 7) is 5.76. The molecule has 104 valence electrons. The van der Waals surface area contributed by atoms with E-state index < -0.39 is 5.79 Å². The zero-order valence-electron chi connectivity index (χ0n) is 11.6. The van der Waals surface area contributed by atoms with Crippen molar-refractivity contribution in [2.75, 3.05) is 0 Å². The van der Waals surface area contributed by atoms with Gasteiger partial charge in [-0.25, -0.2) is 4.79 Å². The molecule has 1 heterocycles. The summed E-state index contributed by atoms with van der Waals surface area (Å²) < 4.78 is 11.5. The third-order valence-corrected chi connectivity index (χ3v) is 6.02. The van der Waals surface area contributed by atoms with Gasteiger partial charge >= 0.3 is 5.97 Å². The van der Waals surface area contributed by atoms with E-state index in [1.54, 1.807) is 0 Å². The van der Waals surface area contributed by atoms with Crippen molar-refractivity contribution in [2.24, 2.45) is 29.6 Å². The highest BCUT2D eigenvalue weighted by atomic mass is 16.8. The molecule has 5 aliphatic rings. The molecule has 0 aromatic carbocycles. The van der Waals surface area contributed by atoms with Crippen LogP contribution >= 0.6 is 0 Å². The SMILES string of the molecule is C=C1OC(CC)(C2C3CC4CC(C3)CC2C4)OC1=O. The lowest BCUT2D eigenvalue weighted by atomic mass is 9.50. The highest BCUT2D eigenvalue weighted by Gasteiger charge is 2.60. The van der Waals surface area contributed by atoms with Crippen molar-refractivity contribution < 1.29 is 14.3 Å². The summed E-state index contributed by atoms with van der Waals surface area (Å²) in [7, 11) is 0. The molecule has 3 heteroatoms. The summed E-state index contributed by atoms with van der Waals surface area (Å²) in [5, 5.41) is 0. The van der Waals surface area contributed by atoms with Gasteiger partial charge in [0.05, 0.1) is 0 Å². The monoisotopic (exact) mass is 262 g/mol. The third kappa shape index (κ3) is 1.53. The fraction of sp³-hybridized carbons (Fsp3) is 0.812. The molecule has 0 N–H and O–H groups in total. The Balaban J connectivity index is 1.68. The van der Waals surface area contributed by atoms with Crippen LogP contribution in [0.15, 0.2) is 12.3 Å². The van der Waals surface area contributed by atoms with Crippen LogP contribution in [0.25, 0.3) is 0 Å². The fourth-order valence-electron chi connectivity index (χ4n) is 5.64. The summed E-state index contributed by atoms with van der Waals surface area (Å²) in [6.07, 6.45) is 7.43. The predicted molar refractivity (Wildman–Crippen MR) is 69.9 cm³/mol. The van der Waals surface area contributed by atoms with Crippen molar-refractivity contribution in [1.82, 2.24) is 0 Å². The Labute approximate surface area is 114 Å². The first-order valence-corrected chi connectivity index (χ1v) is 7.72. The van der Waals surface area contributed by atoms with E-state index in [-0.39, 0.29) is 11.7 Å². The third-order valence-electron chi connectivity index (χ3n) is 6.02. The Morgan fingerprint density at radius 3 is 2.11 bits per heavy atom. The molecule has 3 nitrogen and oxygen atoms in total. The molecular weight excluding hydrogens is 240 g/mol. The molecule has 1 aliphatic heterocycles. The van der Waals surface area contributed by atoms with Gasteiger partial charge in [0.2, 0.25) is 5.76 Å². The second kappa shape index (κ2) is 3.77. The topological polar surface area (TPSA) is 35.5 Å². The fourth-order valence-corrected chi connectivity index (χ4v) is 5.64. The van der Waals surface area contributed by atoms with Crippen LogP contribution in [0.5, 0.6) is 0 Å². The second-order valence-corrected chi connectivity index (χ2v) is 7.04. The Hall–Kier alpha value is -0.990. The Kier molecular flexibility index (Phi) is 2.34. The lowest BCUT2D eigenvalue weighted by Gasteiger charge is -2.57. The van der Waals surface area contributed by atoms with Crippen LogP contribution in [0.3, 0.4) is 0 Å². The number of hydrogen-bond acceptors (Lipinski definition) is 3. The minimum atomic E-state index is -0.698. The number of rotatable bonds is 2. The summed E-state index contributed by atoms with van der Waals surface area (Å²) in [4.78, 5) is 11.7. The Bertz CT molecular complexity index is 395. The lowest BCUT2D eigenvalue weighted by Crippen LogP contribution is -2.55. The normalized spacial score (nSPS) is 51.3. The van der Waals surface area contributed by atoms with Gasteiger partial charge in [-0.3, -0.25) is 0 Å². The van der Waals surface area contributed by atoms with Gasteiger partial charge < -0.3 is 9.47 Å². The van der Waals surface area contributed by atoms with Crippen molar-refractivity contribution in [2.45, 2.75) is 51.2 Å². The molecule has 1 atom stereocenters. The van der Waals surface area contributed by atoms with E-state index in [1.807, 2.05) is 0 Å². The zero-order valence-corrected chi connectivity index (χ0v) is 11.6. The van der Waals surface area contributed by atoms with Crippen molar-refractivity contribution in [3.8, 4) is 0 Å². The van der Waals surface area contributed by atoms with Gasteiger partial charge in [0.25, 0.3) is 5.79 Å². The maximum atomic E-state index is 11.7. The van der Waals surface area contributed by atoms with Crippen LogP contribution < -0.4 is 0 Å². The van der Waals surface area contributed by atoms with Gasteiger partial charge in [-0.1, -0.05) is 6.92 Å². The molecule has 0 spiro atoms. The minimum Gasteiger partial charge on any atom is -0.445 e. The number of cyclic esters (lactones) is 1. The molecule has 0 aromatic rings. The van der Waals surface area contributed by atoms with E-state index in [0.717, 1.165) is 18.3 Å². The van der Waals surface area contributed by atoms with Crippen LogP contribution in [0, 0.1) is 29.6 Å². The highest BCUT2D eigenvalue weighted by molar-refractivity contribution is 5.87. The number of carbonyl (C=O) groups excluding carboxylic acids is 1. The standard InChI is InChI=1S/C16H22O3/c1-3-16(18-9(2)15(17)19-16)14-12-5-10-4-11(7-12)8-13(14)6-10/h10-14H,2-8H2,1H3. The van der Waals surface area contributed by atoms with E-state index in [9.17, 15) is 4.79 Å². The molecule has 0 radical (unpaired) electrons. The van der Waals surface area contributed by atoms with Gasteiger partial charge in [-0.15, -0.1) is 0 Å². The second-order valence-electron chi connectivity index (χ2n) is 7.04. The van der Waals surface area contributed by atoms with Crippen molar-refractivity contribution >= 4 is 5.97 Å². The Morgan fingerprint density at radius 2 is 1.68 bits per heavy atom. The molecule has 1 unspecified atom stereocenters. The average molecular weight is 262 g/mol. The largest absolute Gasteiger partial charge is 0.445 e. The molecule has 4 saturated carbocycles. The molecule has 1 saturated heterocycles. The maximum Gasteiger partial charge on any atom is 0.376 e. The van der Waals surface area contributed by atoms with E-state index in [2.05, 4.69) is 13.5 Å². The molecule has 5 fully saturated rings. The number of hydrogen-bond donors (Lipinski definition) is 0. The van der Waals surface area contributed by atoms with E-state index in [1.165, 1.54) is 32.1 Å². The summed E-state index contributed by atoms with van der Waals surface area (Å²) in [5.74, 6) is 2.78. The van der Waals surface area contributed by atoms with Crippen molar-refractivity contribution in [3.63, 3.8) is 0 Å². The molecule has 19 heavy (non-hydrogen) atoms. The van der Waals surface area contributed by atoms with Gasteiger partial charge in [-0.2, -0.15) is 0 Å². The van der Waals surface area contributed by atoms with Crippen molar-refractivity contribution in [3.05, 3.63) is 12.3 Å². The van der Waals surface area contributed by atoms with Gasteiger partial charge in [0.15, 0.2) is 0 Å². The van der Waals surface area contributed by atoms with E-state index in [0.29, 0.717) is 17.8 Å². The minimum absolute atomic E-state index is 0.204. The summed E-state index contributed by atoms with van der Waals surface area (Å²) in [5.41, 5.74) is 0. The number of esters is 1. The summed E-state index contributed by atoms with van der Waals surface area (Å²) >= 11 is 0. The van der Waals surface area contributed by atoms with E-state index in [4.69, 9.17) is 9.47 Å². The first kappa shape index (κ1) is 11.8. The van der Waals surface area contributed by atoms with E-state index >= 15 is 0 Å². The zero-order chi connectivity index (χ0) is 13.2. The average Bonchev–Trinajstić information content (AvgIpc) is 2.64. The molecule has 4 bridgehead atoms. The van der Waals surface area contributed by atoms with Crippen molar-refractivity contribution in [1.29, 1.82) is 0 Å². The van der Waals surface area contributed by atoms with Crippen LogP contribution in [-0.2, 0) is 14.3 Å². The predicted octanol–water partition coefficient (Wildman–Crippen LogP) is 3.25. The number of ether oxygens (including phenoxy) is 2. The van der Waals surface area contributed by atoms with Crippen LogP contribution in [0.1, 0.15) is 45.4 Å². The lowest BCUT2D eigenvalue weighted by molar-refractivity contribution is -0.242. The molecule has 4 aliphatic carbocycles. The quantitative estimate of drug-likeness (QED) is 0.566. The van der Waals surface area contributed by atoms with Crippen LogP contribution in [0.4, 0.5) is 0 Å². The first-order chi connectivity index (χ1) is 9.11. The summed E-state index contributed by atoms with van der Waals surface area (Å²) in [6, 6.07) is 0. The molecule has 0 aromatic heterocycles. The smallest absolute Gasteiger partial charge is 0.376 e. The Morgan fingerprint density at radius 1 is 1.11 bits per heavy atom. The first-order valence-electron chi connectivity index (χ1n) is 7.72. The number of carbonyl (C=O) groups is 1. The van der Waals surface area contributed by atoms with Crippen LogP contribution in [0.2, 0.25) is 0 Å². The van der Waals surface area contributed by atoms with Gasteiger partial charge in [0.1, 0.15) is 0 Å². The molecule has 0 amide bonds. The molecular formula is C16H22O3. The van der Waals surface area contributed by atoms with Crippen LogP contribution in [-0.4, -0.2) is 11.8 Å². The molecule has 5 rings (SSSR count).